The van der Waals surface area contributed by atoms with Crippen molar-refractivity contribution >= 4 is 23.6 Å². The number of carbonyl (C=O) groups is 2. The van der Waals surface area contributed by atoms with Crippen molar-refractivity contribution in [3.8, 4) is 0 Å². The highest BCUT2D eigenvalue weighted by atomic mass is 16.4. The van der Waals surface area contributed by atoms with Gasteiger partial charge < -0.3 is 20.4 Å². The lowest BCUT2D eigenvalue weighted by atomic mass is 10.2. The van der Waals surface area contributed by atoms with Crippen molar-refractivity contribution in [2.24, 2.45) is 0 Å². The Morgan fingerprint density at radius 2 is 1.90 bits per heavy atom. The number of imidazole rings is 1. The van der Waals surface area contributed by atoms with Gasteiger partial charge in [0, 0.05) is 18.0 Å². The fourth-order valence-electron chi connectivity index (χ4n) is 1.50. The second-order valence-electron chi connectivity index (χ2n) is 3.90. The van der Waals surface area contributed by atoms with Crippen molar-refractivity contribution in [3.05, 3.63) is 58.3 Å². The lowest BCUT2D eigenvalue weighted by Crippen LogP contribution is -2.13. The Bertz CT molecular complexity index is 710. The fourth-order valence-corrected chi connectivity index (χ4v) is 1.50. The minimum atomic E-state index is -1.03. The number of anilines is 1. The molecular formula is C13H11N3O4. The van der Waals surface area contributed by atoms with E-state index in [4.69, 9.17) is 5.11 Å². The molecule has 0 fully saturated rings. The van der Waals surface area contributed by atoms with Gasteiger partial charge in [-0.3, -0.25) is 4.79 Å². The first kappa shape index (κ1) is 13.3. The molecule has 7 nitrogen and oxygen atoms in total. The number of H-pyrrole nitrogens is 2. The summed E-state index contributed by atoms with van der Waals surface area (Å²) >= 11 is 0. The Hall–Kier alpha value is -3.09. The van der Waals surface area contributed by atoms with Crippen LogP contribution in [0.2, 0.25) is 0 Å². The second kappa shape index (κ2) is 5.70. The normalized spacial score (nSPS) is 10.6. The molecule has 0 bridgehead atoms. The van der Waals surface area contributed by atoms with Gasteiger partial charge in [0.05, 0.1) is 0 Å². The maximum absolute atomic E-state index is 11.7. The molecule has 1 amide bonds. The smallest absolute Gasteiger partial charge is 0.328 e. The predicted octanol–water partition coefficient (Wildman–Crippen LogP) is 1.05. The van der Waals surface area contributed by atoms with Crippen LogP contribution in [-0.4, -0.2) is 27.0 Å². The molecule has 0 radical (unpaired) electrons. The Morgan fingerprint density at radius 3 is 2.45 bits per heavy atom. The summed E-state index contributed by atoms with van der Waals surface area (Å²) in [6.07, 6.45) is 3.75. The van der Waals surface area contributed by atoms with Gasteiger partial charge in [0.2, 0.25) is 0 Å². The van der Waals surface area contributed by atoms with Crippen molar-refractivity contribution in [2.75, 3.05) is 5.32 Å². The standard InChI is InChI=1S/C13H11N3O4/c17-11(18)6-3-8-1-4-9(5-2-8)15-12(19)10-7-14-13(20)16-10/h1-7H,(H,15,19)(H,17,18)(H2,14,16,20)/b6-3+. The zero-order chi connectivity index (χ0) is 14.5. The van der Waals surface area contributed by atoms with E-state index in [0.29, 0.717) is 11.3 Å². The van der Waals surface area contributed by atoms with Crippen molar-refractivity contribution in [2.45, 2.75) is 0 Å². The van der Waals surface area contributed by atoms with Crippen molar-refractivity contribution in [1.82, 2.24) is 9.97 Å². The molecule has 2 aromatic rings. The first-order chi connectivity index (χ1) is 9.54. The Kier molecular flexibility index (Phi) is 3.80. The van der Waals surface area contributed by atoms with E-state index in [0.717, 1.165) is 6.08 Å². The van der Waals surface area contributed by atoms with Gasteiger partial charge in [0.1, 0.15) is 5.69 Å². The minimum absolute atomic E-state index is 0.129. The van der Waals surface area contributed by atoms with E-state index >= 15 is 0 Å². The lowest BCUT2D eigenvalue weighted by molar-refractivity contribution is -0.131. The number of aliphatic carboxylic acids is 1. The van der Waals surface area contributed by atoms with E-state index in [-0.39, 0.29) is 5.69 Å². The SMILES string of the molecule is O=C(O)/C=C/c1ccc(NC(=O)c2c[nH]c(=O)[nH]2)cc1. The molecule has 0 saturated carbocycles. The number of carboxylic acid groups (broad SMARTS) is 1. The summed E-state index contributed by atoms with van der Waals surface area (Å²) in [6, 6.07) is 6.58. The van der Waals surface area contributed by atoms with Crippen LogP contribution in [0.5, 0.6) is 0 Å². The van der Waals surface area contributed by atoms with Crippen LogP contribution in [-0.2, 0) is 4.79 Å². The highest BCUT2D eigenvalue weighted by molar-refractivity contribution is 6.02. The van der Waals surface area contributed by atoms with E-state index < -0.39 is 17.6 Å². The first-order valence-corrected chi connectivity index (χ1v) is 5.65. The van der Waals surface area contributed by atoms with Crippen LogP contribution in [0.25, 0.3) is 6.08 Å². The number of carboxylic acids is 1. The van der Waals surface area contributed by atoms with Gasteiger partial charge in [-0.1, -0.05) is 12.1 Å². The van der Waals surface area contributed by atoms with Crippen molar-refractivity contribution in [1.29, 1.82) is 0 Å². The topological polar surface area (TPSA) is 115 Å². The zero-order valence-electron chi connectivity index (χ0n) is 10.2. The summed E-state index contributed by atoms with van der Waals surface area (Å²) < 4.78 is 0. The molecule has 0 aliphatic heterocycles. The number of amides is 1. The molecule has 2 rings (SSSR count). The van der Waals surface area contributed by atoms with Gasteiger partial charge in [-0.2, -0.15) is 0 Å². The first-order valence-electron chi connectivity index (χ1n) is 5.65. The summed E-state index contributed by atoms with van der Waals surface area (Å²) in [7, 11) is 0. The number of hydrogen-bond acceptors (Lipinski definition) is 3. The highest BCUT2D eigenvalue weighted by Crippen LogP contribution is 2.11. The van der Waals surface area contributed by atoms with Gasteiger partial charge >= 0.3 is 11.7 Å². The molecular weight excluding hydrogens is 262 g/mol. The molecule has 0 atom stereocenters. The van der Waals surface area contributed by atoms with Crippen molar-refractivity contribution in [3.63, 3.8) is 0 Å². The molecule has 1 heterocycles. The van der Waals surface area contributed by atoms with Crippen LogP contribution >= 0.6 is 0 Å². The van der Waals surface area contributed by atoms with Crippen LogP contribution in [0, 0.1) is 0 Å². The summed E-state index contributed by atoms with van der Waals surface area (Å²) in [5, 5.41) is 11.1. The van der Waals surface area contributed by atoms with E-state index in [9.17, 15) is 14.4 Å². The summed E-state index contributed by atoms with van der Waals surface area (Å²) in [4.78, 5) is 37.7. The third-order valence-corrected chi connectivity index (χ3v) is 2.43. The fraction of sp³-hybridized carbons (Fsp3) is 0. The number of carbonyl (C=O) groups excluding carboxylic acids is 1. The summed E-state index contributed by atoms with van der Waals surface area (Å²) in [5.41, 5.74) is 0.902. The van der Waals surface area contributed by atoms with E-state index in [1.165, 1.54) is 12.3 Å². The highest BCUT2D eigenvalue weighted by Gasteiger charge is 2.07. The molecule has 7 heteroatoms. The quantitative estimate of drug-likeness (QED) is 0.623. The number of nitrogens with one attached hydrogen (secondary N) is 3. The molecule has 4 N–H and O–H groups in total. The Balaban J connectivity index is 2.05. The van der Waals surface area contributed by atoms with E-state index in [1.807, 2.05) is 0 Å². The van der Waals surface area contributed by atoms with E-state index in [2.05, 4.69) is 15.3 Å². The maximum Gasteiger partial charge on any atom is 0.328 e. The van der Waals surface area contributed by atoms with Gasteiger partial charge in [-0.05, 0) is 23.8 Å². The molecule has 1 aromatic heterocycles. The second-order valence-corrected chi connectivity index (χ2v) is 3.90. The predicted molar refractivity (Wildman–Crippen MR) is 72.5 cm³/mol. The Labute approximate surface area is 113 Å². The van der Waals surface area contributed by atoms with Crippen LogP contribution in [0.3, 0.4) is 0 Å². The third-order valence-electron chi connectivity index (χ3n) is 2.43. The molecule has 102 valence electrons. The van der Waals surface area contributed by atoms with Gasteiger partial charge in [-0.15, -0.1) is 0 Å². The monoisotopic (exact) mass is 273 g/mol. The van der Waals surface area contributed by atoms with Gasteiger partial charge in [-0.25, -0.2) is 9.59 Å². The molecule has 0 spiro atoms. The number of benzene rings is 1. The van der Waals surface area contributed by atoms with Crippen LogP contribution < -0.4 is 11.0 Å². The lowest BCUT2D eigenvalue weighted by Gasteiger charge is -2.03. The van der Waals surface area contributed by atoms with Gasteiger partial charge in [0.15, 0.2) is 0 Å². The van der Waals surface area contributed by atoms with E-state index in [1.54, 1.807) is 24.3 Å². The number of hydrogen-bond donors (Lipinski definition) is 4. The average molecular weight is 273 g/mol. The number of aromatic nitrogens is 2. The summed E-state index contributed by atoms with van der Waals surface area (Å²) in [6.45, 7) is 0. The third kappa shape index (κ3) is 3.45. The van der Waals surface area contributed by atoms with Gasteiger partial charge in [0.25, 0.3) is 5.91 Å². The van der Waals surface area contributed by atoms with Crippen LogP contribution in [0.1, 0.15) is 16.1 Å². The number of aromatic amines is 2. The van der Waals surface area contributed by atoms with Crippen LogP contribution in [0.4, 0.5) is 5.69 Å². The van der Waals surface area contributed by atoms with Crippen LogP contribution in [0.15, 0.2) is 41.3 Å². The largest absolute Gasteiger partial charge is 0.478 e. The average Bonchev–Trinajstić information content (AvgIpc) is 2.85. The van der Waals surface area contributed by atoms with Crippen molar-refractivity contribution < 1.29 is 14.7 Å². The Morgan fingerprint density at radius 1 is 1.20 bits per heavy atom. The molecule has 0 saturated heterocycles. The molecule has 0 aliphatic rings. The zero-order valence-corrected chi connectivity index (χ0v) is 10.2. The minimum Gasteiger partial charge on any atom is -0.478 e. The molecule has 20 heavy (non-hydrogen) atoms. The maximum atomic E-state index is 11.7. The number of rotatable bonds is 4. The molecule has 0 unspecified atom stereocenters. The molecule has 1 aromatic carbocycles. The summed E-state index contributed by atoms with van der Waals surface area (Å²) in [5.74, 6) is -1.48. The molecule has 0 aliphatic carbocycles.